The molecule has 8 heteroatoms. The third-order valence-corrected chi connectivity index (χ3v) is 7.41. The van der Waals surface area contributed by atoms with Gasteiger partial charge in [0, 0.05) is 32.0 Å². The number of rotatable bonds is 5. The maximum absolute atomic E-state index is 13.0. The standard InChI is InChI=1S/C19H23N3O3S2/c1-13-11-15-7-5-6-8-17(15)22(13)19(23)14(2)26-18-10-9-16(12-20-18)27(24,25)21(3)4/h5-10,12-14H,11H2,1-4H3/t13-,14+/m1/s1. The van der Waals surface area contributed by atoms with Gasteiger partial charge >= 0.3 is 0 Å². The molecule has 2 atom stereocenters. The first kappa shape index (κ1) is 19.9. The first-order chi connectivity index (χ1) is 12.7. The van der Waals surface area contributed by atoms with E-state index < -0.39 is 10.0 Å². The van der Waals surface area contributed by atoms with E-state index in [4.69, 9.17) is 0 Å². The van der Waals surface area contributed by atoms with Crippen LogP contribution < -0.4 is 4.90 Å². The molecule has 0 unspecified atom stereocenters. The molecule has 1 aliphatic heterocycles. The predicted molar refractivity (Wildman–Crippen MR) is 108 cm³/mol. The molecule has 0 saturated carbocycles. The second-order valence-corrected chi connectivity index (χ2v) is 10.3. The fourth-order valence-electron chi connectivity index (χ4n) is 3.13. The summed E-state index contributed by atoms with van der Waals surface area (Å²) < 4.78 is 25.4. The van der Waals surface area contributed by atoms with Crippen molar-refractivity contribution in [2.75, 3.05) is 19.0 Å². The van der Waals surface area contributed by atoms with Gasteiger partial charge in [0.15, 0.2) is 0 Å². The summed E-state index contributed by atoms with van der Waals surface area (Å²) in [5, 5.41) is 0.288. The molecule has 1 aromatic heterocycles. The molecule has 3 rings (SSSR count). The average Bonchev–Trinajstić information content (AvgIpc) is 2.97. The number of carbonyl (C=O) groups is 1. The maximum Gasteiger partial charge on any atom is 0.244 e. The molecule has 144 valence electrons. The number of fused-ring (bicyclic) bond motifs is 1. The molecule has 0 spiro atoms. The van der Waals surface area contributed by atoms with E-state index in [1.807, 2.05) is 30.0 Å². The summed E-state index contributed by atoms with van der Waals surface area (Å²) in [4.78, 5) is 19.2. The number of amides is 1. The highest BCUT2D eigenvalue weighted by molar-refractivity contribution is 8.00. The number of anilines is 1. The van der Waals surface area contributed by atoms with Gasteiger partial charge in [-0.25, -0.2) is 17.7 Å². The first-order valence-electron chi connectivity index (χ1n) is 8.68. The van der Waals surface area contributed by atoms with Gasteiger partial charge in [-0.05, 0) is 44.0 Å². The molecule has 0 bridgehead atoms. The molecule has 2 aromatic rings. The van der Waals surface area contributed by atoms with Crippen LogP contribution in [-0.4, -0.2) is 49.0 Å². The third-order valence-electron chi connectivity index (χ3n) is 4.58. The molecule has 1 amide bonds. The lowest BCUT2D eigenvalue weighted by molar-refractivity contribution is -0.118. The summed E-state index contributed by atoms with van der Waals surface area (Å²) in [7, 11) is -0.546. The van der Waals surface area contributed by atoms with E-state index in [0.717, 1.165) is 16.4 Å². The molecule has 0 saturated heterocycles. The van der Waals surface area contributed by atoms with Crippen LogP contribution >= 0.6 is 11.8 Å². The van der Waals surface area contributed by atoms with Crippen LogP contribution in [0.4, 0.5) is 5.69 Å². The van der Waals surface area contributed by atoms with Gasteiger partial charge in [-0.3, -0.25) is 4.79 Å². The van der Waals surface area contributed by atoms with E-state index in [2.05, 4.69) is 18.0 Å². The number of thioether (sulfide) groups is 1. The molecule has 6 nitrogen and oxygen atoms in total. The van der Waals surface area contributed by atoms with Crippen molar-refractivity contribution in [3.05, 3.63) is 48.2 Å². The van der Waals surface area contributed by atoms with Gasteiger partial charge in [0.1, 0.15) is 4.90 Å². The summed E-state index contributed by atoms with van der Waals surface area (Å²) in [5.74, 6) is 0.0317. The Balaban J connectivity index is 1.74. The van der Waals surface area contributed by atoms with E-state index >= 15 is 0 Å². The Morgan fingerprint density at radius 2 is 1.96 bits per heavy atom. The van der Waals surface area contributed by atoms with Crippen molar-refractivity contribution in [3.8, 4) is 0 Å². The minimum atomic E-state index is -3.51. The number of carbonyl (C=O) groups excluding carboxylic acids is 1. The minimum Gasteiger partial charge on any atom is -0.308 e. The van der Waals surface area contributed by atoms with Crippen molar-refractivity contribution >= 4 is 33.4 Å². The number of pyridine rings is 1. The third kappa shape index (κ3) is 3.88. The van der Waals surface area contributed by atoms with Crippen molar-refractivity contribution in [3.63, 3.8) is 0 Å². The number of para-hydroxylation sites is 1. The summed E-state index contributed by atoms with van der Waals surface area (Å²) in [5.41, 5.74) is 2.16. The molecular weight excluding hydrogens is 382 g/mol. The van der Waals surface area contributed by atoms with Crippen LogP contribution in [0.2, 0.25) is 0 Å². The van der Waals surface area contributed by atoms with Crippen molar-refractivity contribution in [1.82, 2.24) is 9.29 Å². The molecule has 1 aromatic carbocycles. The van der Waals surface area contributed by atoms with E-state index in [0.29, 0.717) is 5.03 Å². The fourth-order valence-corrected chi connectivity index (χ4v) is 4.81. The zero-order valence-corrected chi connectivity index (χ0v) is 17.4. The van der Waals surface area contributed by atoms with Crippen LogP contribution in [0.1, 0.15) is 19.4 Å². The largest absolute Gasteiger partial charge is 0.308 e. The summed E-state index contributed by atoms with van der Waals surface area (Å²) in [6.45, 7) is 3.90. The monoisotopic (exact) mass is 405 g/mol. The Morgan fingerprint density at radius 3 is 2.59 bits per heavy atom. The highest BCUT2D eigenvalue weighted by Gasteiger charge is 2.33. The zero-order chi connectivity index (χ0) is 19.8. The molecule has 1 aliphatic rings. The Morgan fingerprint density at radius 1 is 1.26 bits per heavy atom. The molecular formula is C19H23N3O3S2. The lowest BCUT2D eigenvalue weighted by atomic mass is 10.1. The number of hydrogen-bond donors (Lipinski definition) is 0. The van der Waals surface area contributed by atoms with Gasteiger partial charge in [0.2, 0.25) is 15.9 Å². The first-order valence-corrected chi connectivity index (χ1v) is 11.0. The van der Waals surface area contributed by atoms with Crippen molar-refractivity contribution in [2.45, 2.75) is 41.5 Å². The van der Waals surface area contributed by atoms with E-state index in [1.165, 1.54) is 43.7 Å². The van der Waals surface area contributed by atoms with Gasteiger partial charge in [-0.15, -0.1) is 0 Å². The lowest BCUT2D eigenvalue weighted by Gasteiger charge is -2.25. The van der Waals surface area contributed by atoms with E-state index in [9.17, 15) is 13.2 Å². The van der Waals surface area contributed by atoms with Crippen LogP contribution in [0, 0.1) is 0 Å². The summed E-state index contributed by atoms with van der Waals surface area (Å²) in [6.07, 6.45) is 2.19. The highest BCUT2D eigenvalue weighted by Crippen LogP contribution is 2.34. The normalized spacial score (nSPS) is 17.8. The molecule has 0 N–H and O–H groups in total. The van der Waals surface area contributed by atoms with Crippen LogP contribution in [0.15, 0.2) is 52.5 Å². The summed E-state index contributed by atoms with van der Waals surface area (Å²) in [6, 6.07) is 11.3. The van der Waals surface area contributed by atoms with Gasteiger partial charge in [-0.1, -0.05) is 30.0 Å². The van der Waals surface area contributed by atoms with Crippen LogP contribution in [0.3, 0.4) is 0 Å². The van der Waals surface area contributed by atoms with E-state index in [1.54, 1.807) is 6.07 Å². The maximum atomic E-state index is 13.0. The van der Waals surface area contributed by atoms with Crippen LogP contribution in [0.25, 0.3) is 0 Å². The van der Waals surface area contributed by atoms with Crippen LogP contribution in [0.5, 0.6) is 0 Å². The molecule has 0 radical (unpaired) electrons. The van der Waals surface area contributed by atoms with Crippen molar-refractivity contribution in [1.29, 1.82) is 0 Å². The Labute approximate surface area is 164 Å². The van der Waals surface area contributed by atoms with Crippen LogP contribution in [-0.2, 0) is 21.2 Å². The van der Waals surface area contributed by atoms with Crippen molar-refractivity contribution in [2.24, 2.45) is 0 Å². The minimum absolute atomic E-state index is 0.0317. The Bertz CT molecular complexity index is 943. The van der Waals surface area contributed by atoms with Gasteiger partial charge in [-0.2, -0.15) is 0 Å². The molecule has 0 fully saturated rings. The smallest absolute Gasteiger partial charge is 0.244 e. The second kappa shape index (κ2) is 7.61. The Hall–Kier alpha value is -1.90. The number of aromatic nitrogens is 1. The second-order valence-electron chi connectivity index (χ2n) is 6.77. The number of sulfonamides is 1. The summed E-state index contributed by atoms with van der Waals surface area (Å²) >= 11 is 1.33. The number of hydrogen-bond acceptors (Lipinski definition) is 5. The van der Waals surface area contributed by atoms with E-state index in [-0.39, 0.29) is 22.1 Å². The lowest BCUT2D eigenvalue weighted by Crippen LogP contribution is -2.40. The predicted octanol–water partition coefficient (Wildman–Crippen LogP) is 2.79. The number of benzene rings is 1. The zero-order valence-electron chi connectivity index (χ0n) is 15.8. The van der Waals surface area contributed by atoms with Gasteiger partial charge in [0.25, 0.3) is 0 Å². The van der Waals surface area contributed by atoms with Crippen molar-refractivity contribution < 1.29 is 13.2 Å². The molecule has 2 heterocycles. The fraction of sp³-hybridized carbons (Fsp3) is 0.368. The average molecular weight is 406 g/mol. The Kier molecular flexibility index (Phi) is 5.60. The topological polar surface area (TPSA) is 70.6 Å². The van der Waals surface area contributed by atoms with Gasteiger partial charge < -0.3 is 4.90 Å². The number of nitrogens with zero attached hydrogens (tertiary/aromatic N) is 3. The SMILES string of the molecule is C[C@H](Sc1ccc(S(=O)(=O)N(C)C)cn1)C(=O)N1c2ccccc2C[C@H]1C. The quantitative estimate of drug-likeness (QED) is 0.716. The van der Waals surface area contributed by atoms with Gasteiger partial charge in [0.05, 0.1) is 10.3 Å². The molecule has 27 heavy (non-hydrogen) atoms. The highest BCUT2D eigenvalue weighted by atomic mass is 32.2. The molecule has 0 aliphatic carbocycles.